The quantitative estimate of drug-likeness (QED) is 0.185. The van der Waals surface area contributed by atoms with Crippen molar-refractivity contribution in [2.75, 3.05) is 0 Å². The molecule has 0 aliphatic heterocycles. The summed E-state index contributed by atoms with van der Waals surface area (Å²) in [7, 11) is 0. The Hall–Kier alpha value is -5.46. The number of benzene rings is 8. The largest absolute Gasteiger partial charge is 0.0619 e. The lowest BCUT2D eigenvalue weighted by Gasteiger charge is -2.26. The summed E-state index contributed by atoms with van der Waals surface area (Å²) in [5, 5.41) is 7.71. The van der Waals surface area contributed by atoms with Crippen LogP contribution in [0.15, 0.2) is 158 Å². The smallest absolute Gasteiger partial charge is 0.0165 e. The van der Waals surface area contributed by atoms with Crippen LogP contribution in [0.25, 0.3) is 76.8 Å². The molecule has 0 heteroatoms. The first kappa shape index (κ1) is 26.0. The molecule has 0 saturated heterocycles. The summed E-state index contributed by atoms with van der Waals surface area (Å²) in [4.78, 5) is 0. The highest BCUT2D eigenvalue weighted by atomic mass is 14.4. The van der Waals surface area contributed by atoms with Crippen molar-refractivity contribution in [2.45, 2.75) is 19.3 Å². The normalized spacial score (nSPS) is 13.3. The predicted octanol–water partition coefficient (Wildman–Crippen LogP) is 12.5. The molecule has 0 bridgehead atoms. The van der Waals surface area contributed by atoms with Gasteiger partial charge in [0.15, 0.2) is 0 Å². The lowest BCUT2D eigenvalue weighted by Crippen LogP contribution is -2.16. The molecule has 45 heavy (non-hydrogen) atoms. The van der Waals surface area contributed by atoms with Gasteiger partial charge in [-0.15, -0.1) is 0 Å². The Morgan fingerprint density at radius 3 is 1.58 bits per heavy atom. The Bertz CT molecular complexity index is 2380. The Labute approximate surface area is 264 Å². The lowest BCUT2D eigenvalue weighted by atomic mass is 9.77. The van der Waals surface area contributed by atoms with Gasteiger partial charge in [0.1, 0.15) is 0 Å². The van der Waals surface area contributed by atoms with Gasteiger partial charge in [-0.2, -0.15) is 0 Å². The van der Waals surface area contributed by atoms with E-state index in [4.69, 9.17) is 0 Å². The van der Waals surface area contributed by atoms with Crippen LogP contribution < -0.4 is 0 Å². The minimum absolute atomic E-state index is 0.0952. The Morgan fingerprint density at radius 2 is 0.867 bits per heavy atom. The van der Waals surface area contributed by atoms with Crippen molar-refractivity contribution in [3.05, 3.63) is 169 Å². The average molecular weight is 573 g/mol. The van der Waals surface area contributed by atoms with Gasteiger partial charge in [0.25, 0.3) is 0 Å². The van der Waals surface area contributed by atoms with Gasteiger partial charge in [0.2, 0.25) is 0 Å². The molecule has 212 valence electrons. The summed E-state index contributed by atoms with van der Waals surface area (Å²) in [6.45, 7) is 4.77. The van der Waals surface area contributed by atoms with Gasteiger partial charge in [-0.25, -0.2) is 0 Å². The van der Waals surface area contributed by atoms with Gasteiger partial charge in [0, 0.05) is 5.41 Å². The molecule has 0 fully saturated rings. The molecule has 0 nitrogen and oxygen atoms in total. The van der Waals surface area contributed by atoms with Gasteiger partial charge in [-0.05, 0) is 94.0 Å². The van der Waals surface area contributed by atoms with Crippen molar-refractivity contribution in [3.8, 4) is 44.5 Å². The minimum atomic E-state index is -0.0952. The van der Waals surface area contributed by atoms with Gasteiger partial charge in [-0.3, -0.25) is 0 Å². The molecule has 1 aliphatic carbocycles. The van der Waals surface area contributed by atoms with Crippen LogP contribution in [0.5, 0.6) is 0 Å². The maximum absolute atomic E-state index is 2.39. The van der Waals surface area contributed by atoms with E-state index in [1.54, 1.807) is 0 Å². The molecular weight excluding hydrogens is 540 g/mol. The Morgan fingerprint density at radius 1 is 0.356 bits per heavy atom. The maximum Gasteiger partial charge on any atom is 0.0165 e. The van der Waals surface area contributed by atoms with Crippen LogP contribution in [0.4, 0.5) is 0 Å². The third-order valence-electron chi connectivity index (χ3n) is 10.0. The molecule has 0 saturated carbocycles. The van der Waals surface area contributed by atoms with Crippen LogP contribution >= 0.6 is 0 Å². The van der Waals surface area contributed by atoms with E-state index in [-0.39, 0.29) is 5.41 Å². The van der Waals surface area contributed by atoms with Crippen LogP contribution in [0.1, 0.15) is 25.0 Å². The number of hydrogen-bond acceptors (Lipinski definition) is 0. The summed E-state index contributed by atoms with van der Waals surface area (Å²) in [5.74, 6) is 0. The lowest BCUT2D eigenvalue weighted by molar-refractivity contribution is 0.662. The van der Waals surface area contributed by atoms with Gasteiger partial charge in [0.05, 0.1) is 0 Å². The molecule has 0 heterocycles. The van der Waals surface area contributed by atoms with Crippen molar-refractivity contribution in [3.63, 3.8) is 0 Å². The molecular formula is C45H32. The zero-order chi connectivity index (χ0) is 30.1. The summed E-state index contributed by atoms with van der Waals surface area (Å²) < 4.78 is 0. The predicted molar refractivity (Wildman–Crippen MR) is 193 cm³/mol. The molecule has 8 aromatic rings. The summed E-state index contributed by atoms with van der Waals surface area (Å²) in [6, 6.07) is 58.3. The monoisotopic (exact) mass is 572 g/mol. The molecule has 8 aromatic carbocycles. The number of fused-ring (bicyclic) bond motifs is 6. The molecule has 0 radical (unpaired) electrons. The molecule has 0 atom stereocenters. The first-order chi connectivity index (χ1) is 22.1. The van der Waals surface area contributed by atoms with E-state index >= 15 is 0 Å². The minimum Gasteiger partial charge on any atom is -0.0619 e. The zero-order valence-electron chi connectivity index (χ0n) is 25.5. The van der Waals surface area contributed by atoms with Crippen molar-refractivity contribution in [1.82, 2.24) is 0 Å². The SMILES string of the molecule is CC1(C)c2ccccc2-c2cccc(-c3c4ccccc4c(-c4ccc(-c5ccc6ccccc6c5)cc4)c4ccccc34)c21. The highest BCUT2D eigenvalue weighted by Crippen LogP contribution is 2.54. The fourth-order valence-electron chi connectivity index (χ4n) is 7.98. The highest BCUT2D eigenvalue weighted by molar-refractivity contribution is 6.22. The molecule has 0 spiro atoms. The topological polar surface area (TPSA) is 0 Å². The Kier molecular flexibility index (Phi) is 5.64. The molecule has 9 rings (SSSR count). The van der Waals surface area contributed by atoms with Crippen LogP contribution in [-0.4, -0.2) is 0 Å². The number of rotatable bonds is 3. The van der Waals surface area contributed by atoms with Crippen molar-refractivity contribution < 1.29 is 0 Å². The van der Waals surface area contributed by atoms with E-state index in [9.17, 15) is 0 Å². The van der Waals surface area contributed by atoms with E-state index in [2.05, 4.69) is 172 Å². The zero-order valence-corrected chi connectivity index (χ0v) is 25.5. The standard InChI is InChI=1S/C45H32/c1-45(2)41-21-10-9-14-34(41)39-19-11-20-40(44(39)45)43-37-17-7-5-15-35(37)42(36-16-6-8-18-38(36)43)31-25-22-30(23-26-31)33-27-24-29-12-3-4-13-32(29)28-33/h3-28H,1-2H3. The second kappa shape index (κ2) is 9.78. The van der Waals surface area contributed by atoms with Crippen LogP contribution in [-0.2, 0) is 5.41 Å². The van der Waals surface area contributed by atoms with Crippen molar-refractivity contribution in [1.29, 1.82) is 0 Å². The van der Waals surface area contributed by atoms with Crippen molar-refractivity contribution in [2.24, 2.45) is 0 Å². The van der Waals surface area contributed by atoms with Crippen LogP contribution in [0.2, 0.25) is 0 Å². The van der Waals surface area contributed by atoms with Gasteiger partial charge in [-0.1, -0.05) is 166 Å². The molecule has 0 aromatic heterocycles. The first-order valence-electron chi connectivity index (χ1n) is 15.9. The van der Waals surface area contributed by atoms with E-state index in [1.165, 1.54) is 88.0 Å². The molecule has 1 aliphatic rings. The van der Waals surface area contributed by atoms with Crippen LogP contribution in [0, 0.1) is 0 Å². The second-order valence-electron chi connectivity index (χ2n) is 12.9. The summed E-state index contributed by atoms with van der Waals surface area (Å²) in [5.41, 5.74) is 13.1. The van der Waals surface area contributed by atoms with E-state index in [1.807, 2.05) is 0 Å². The molecule has 0 N–H and O–H groups in total. The number of hydrogen-bond donors (Lipinski definition) is 0. The van der Waals surface area contributed by atoms with Crippen LogP contribution in [0.3, 0.4) is 0 Å². The van der Waals surface area contributed by atoms with E-state index < -0.39 is 0 Å². The first-order valence-corrected chi connectivity index (χ1v) is 15.9. The molecule has 0 amide bonds. The summed E-state index contributed by atoms with van der Waals surface area (Å²) >= 11 is 0. The third kappa shape index (κ3) is 3.85. The second-order valence-corrected chi connectivity index (χ2v) is 12.9. The van der Waals surface area contributed by atoms with Gasteiger partial charge >= 0.3 is 0 Å². The van der Waals surface area contributed by atoms with E-state index in [0.29, 0.717) is 0 Å². The molecule has 0 unspecified atom stereocenters. The maximum atomic E-state index is 2.39. The fraction of sp³-hybridized carbons (Fsp3) is 0.0667. The Balaban J connectivity index is 1.27. The van der Waals surface area contributed by atoms with Crippen molar-refractivity contribution >= 4 is 32.3 Å². The van der Waals surface area contributed by atoms with E-state index in [0.717, 1.165) is 0 Å². The van der Waals surface area contributed by atoms with Gasteiger partial charge < -0.3 is 0 Å². The average Bonchev–Trinajstić information content (AvgIpc) is 3.33. The summed E-state index contributed by atoms with van der Waals surface area (Å²) in [6.07, 6.45) is 0. The fourth-order valence-corrected chi connectivity index (χ4v) is 7.98. The third-order valence-corrected chi connectivity index (χ3v) is 10.0. The highest BCUT2D eigenvalue weighted by Gasteiger charge is 2.37.